The number of carbonyl (C=O) groups excluding carboxylic acids is 2. The van der Waals surface area contributed by atoms with Crippen LogP contribution in [0.2, 0.25) is 0 Å². The molecule has 3 aromatic rings. The summed E-state index contributed by atoms with van der Waals surface area (Å²) in [5.41, 5.74) is -0.150. The highest BCUT2D eigenvalue weighted by Crippen LogP contribution is 2.17. The molecular formula is C20H16F2N2O4. The van der Waals surface area contributed by atoms with Gasteiger partial charge in [0.05, 0.1) is 11.6 Å². The molecule has 1 N–H and O–H groups in total. The number of benzene rings is 2. The van der Waals surface area contributed by atoms with Crippen LogP contribution in [-0.2, 0) is 9.63 Å². The van der Waals surface area contributed by atoms with Crippen LogP contribution in [0.15, 0.2) is 58.1 Å². The predicted octanol–water partition coefficient (Wildman–Crippen LogP) is 3.98. The van der Waals surface area contributed by atoms with Gasteiger partial charge < -0.3 is 14.6 Å². The molecular weight excluding hydrogens is 370 g/mol. The second kappa shape index (κ2) is 7.99. The first-order valence-electron chi connectivity index (χ1n) is 8.39. The van der Waals surface area contributed by atoms with Crippen molar-refractivity contribution in [1.29, 1.82) is 0 Å². The molecule has 0 bridgehead atoms. The second-order valence-corrected chi connectivity index (χ2v) is 6.24. The number of fused-ring (bicyclic) bond motifs is 1. The molecule has 0 aliphatic heterocycles. The van der Waals surface area contributed by atoms with Crippen LogP contribution in [0.4, 0.5) is 14.5 Å². The zero-order chi connectivity index (χ0) is 20.3. The van der Waals surface area contributed by atoms with Gasteiger partial charge in [-0.2, -0.15) is 0 Å². The maximum atomic E-state index is 13.9. The maximum absolute atomic E-state index is 13.9. The Labute approximate surface area is 158 Å². The van der Waals surface area contributed by atoms with E-state index in [-0.39, 0.29) is 16.8 Å². The third-order valence-corrected chi connectivity index (χ3v) is 3.77. The summed E-state index contributed by atoms with van der Waals surface area (Å²) < 4.78 is 32.5. The Bertz CT molecular complexity index is 1120. The van der Waals surface area contributed by atoms with Crippen LogP contribution in [-0.4, -0.2) is 11.9 Å². The fourth-order valence-corrected chi connectivity index (χ4v) is 2.27. The molecule has 0 saturated carbocycles. The summed E-state index contributed by atoms with van der Waals surface area (Å²) in [6.07, 6.45) is 0. The number of halogens is 2. The molecule has 1 aromatic heterocycles. The summed E-state index contributed by atoms with van der Waals surface area (Å²) in [6, 6.07) is 11.1. The molecule has 8 heteroatoms. The zero-order valence-electron chi connectivity index (χ0n) is 15.0. The molecule has 144 valence electrons. The zero-order valence-corrected chi connectivity index (χ0v) is 15.0. The van der Waals surface area contributed by atoms with Crippen molar-refractivity contribution in [3.05, 3.63) is 71.3 Å². The van der Waals surface area contributed by atoms with Gasteiger partial charge in [0, 0.05) is 11.5 Å². The molecule has 28 heavy (non-hydrogen) atoms. The average molecular weight is 386 g/mol. The topological polar surface area (TPSA) is 80.9 Å². The van der Waals surface area contributed by atoms with Gasteiger partial charge in [0.25, 0.3) is 11.5 Å². The number of para-hydroxylation sites is 1. The largest absolute Gasteiger partial charge is 0.435 e. The van der Waals surface area contributed by atoms with E-state index in [4.69, 9.17) is 9.25 Å². The van der Waals surface area contributed by atoms with E-state index in [0.717, 1.165) is 12.1 Å². The summed E-state index contributed by atoms with van der Waals surface area (Å²) in [7, 11) is 0. The van der Waals surface area contributed by atoms with E-state index in [9.17, 15) is 18.4 Å². The third-order valence-electron chi connectivity index (χ3n) is 3.77. The number of amides is 1. The number of nitrogens with zero attached hydrogens (tertiary/aromatic N) is 1. The van der Waals surface area contributed by atoms with Crippen molar-refractivity contribution < 1.29 is 27.6 Å². The van der Waals surface area contributed by atoms with Crippen LogP contribution >= 0.6 is 0 Å². The van der Waals surface area contributed by atoms with Gasteiger partial charge in [-0.05, 0) is 29.4 Å². The van der Waals surface area contributed by atoms with E-state index in [1.807, 2.05) is 0 Å². The first kappa shape index (κ1) is 19.2. The number of hydrogen-bond donors (Lipinski definition) is 1. The fourth-order valence-electron chi connectivity index (χ4n) is 2.27. The molecule has 2 aromatic carbocycles. The highest BCUT2D eigenvalue weighted by Gasteiger charge is 2.16. The smallest absolute Gasteiger partial charge is 0.337 e. The minimum Gasteiger partial charge on any atom is -0.435 e. The van der Waals surface area contributed by atoms with Gasteiger partial charge in [-0.3, -0.25) is 4.79 Å². The van der Waals surface area contributed by atoms with E-state index >= 15 is 0 Å². The van der Waals surface area contributed by atoms with Gasteiger partial charge in [-0.1, -0.05) is 32.0 Å². The average Bonchev–Trinajstić information content (AvgIpc) is 2.67. The lowest BCUT2D eigenvalue weighted by atomic mass is 10.1. The van der Waals surface area contributed by atoms with Crippen LogP contribution in [0.5, 0.6) is 0 Å². The SMILES string of the molecule is CC(C)C(=O)ON=c1oc2ccccc2cc1C(=O)Nc1ccc(F)cc1F. The van der Waals surface area contributed by atoms with E-state index < -0.39 is 29.4 Å². The summed E-state index contributed by atoms with van der Waals surface area (Å²) in [5.74, 6) is -3.52. The molecule has 1 amide bonds. The van der Waals surface area contributed by atoms with Gasteiger partial charge in [0.15, 0.2) is 0 Å². The first-order valence-corrected chi connectivity index (χ1v) is 8.39. The number of hydrogen-bond acceptors (Lipinski definition) is 5. The Hall–Kier alpha value is -3.55. The van der Waals surface area contributed by atoms with E-state index in [2.05, 4.69) is 10.5 Å². The van der Waals surface area contributed by atoms with Gasteiger partial charge in [-0.25, -0.2) is 13.6 Å². The quantitative estimate of drug-likeness (QED) is 0.543. The van der Waals surface area contributed by atoms with E-state index in [0.29, 0.717) is 17.0 Å². The normalized spacial score (nSPS) is 11.7. The monoisotopic (exact) mass is 386 g/mol. The summed E-state index contributed by atoms with van der Waals surface area (Å²) in [5, 5.41) is 6.56. The molecule has 6 nitrogen and oxygen atoms in total. The lowest BCUT2D eigenvalue weighted by molar-refractivity contribution is -0.148. The number of carbonyl (C=O) groups is 2. The molecule has 0 unspecified atom stereocenters. The van der Waals surface area contributed by atoms with Crippen LogP contribution in [0.25, 0.3) is 11.0 Å². The molecule has 0 saturated heterocycles. The van der Waals surface area contributed by atoms with Crippen molar-refractivity contribution in [2.24, 2.45) is 11.1 Å². The lowest BCUT2D eigenvalue weighted by Gasteiger charge is -2.08. The Morgan fingerprint density at radius 2 is 1.86 bits per heavy atom. The number of anilines is 1. The van der Waals surface area contributed by atoms with Crippen molar-refractivity contribution in [3.63, 3.8) is 0 Å². The van der Waals surface area contributed by atoms with Crippen LogP contribution in [0.3, 0.4) is 0 Å². The minimum atomic E-state index is -0.934. The Morgan fingerprint density at radius 1 is 1.11 bits per heavy atom. The van der Waals surface area contributed by atoms with Crippen molar-refractivity contribution >= 4 is 28.5 Å². The molecule has 0 aliphatic carbocycles. The first-order chi connectivity index (χ1) is 13.3. The molecule has 0 atom stereocenters. The van der Waals surface area contributed by atoms with Gasteiger partial charge in [0.2, 0.25) is 0 Å². The van der Waals surface area contributed by atoms with Gasteiger partial charge in [-0.15, -0.1) is 0 Å². The van der Waals surface area contributed by atoms with Crippen molar-refractivity contribution in [2.75, 3.05) is 5.32 Å². The van der Waals surface area contributed by atoms with Gasteiger partial charge >= 0.3 is 5.97 Å². The standard InChI is InChI=1S/C20H16F2N2O4/c1-11(2)20(26)28-24-19-14(9-12-5-3-4-6-17(12)27-19)18(25)23-16-8-7-13(21)10-15(16)22/h3-11H,1-2H3,(H,23,25). The molecule has 0 radical (unpaired) electrons. The number of rotatable bonds is 4. The Balaban J connectivity index is 2.04. The lowest BCUT2D eigenvalue weighted by Crippen LogP contribution is -2.23. The van der Waals surface area contributed by atoms with Crippen LogP contribution in [0.1, 0.15) is 24.2 Å². The van der Waals surface area contributed by atoms with Crippen LogP contribution in [0, 0.1) is 17.6 Å². The van der Waals surface area contributed by atoms with Crippen molar-refractivity contribution in [3.8, 4) is 0 Å². The summed E-state index contributed by atoms with van der Waals surface area (Å²) >= 11 is 0. The van der Waals surface area contributed by atoms with Crippen LogP contribution < -0.4 is 10.9 Å². The van der Waals surface area contributed by atoms with E-state index in [1.165, 1.54) is 6.07 Å². The van der Waals surface area contributed by atoms with Crippen molar-refractivity contribution in [1.82, 2.24) is 0 Å². The summed E-state index contributed by atoms with van der Waals surface area (Å²) in [6.45, 7) is 3.25. The van der Waals surface area contributed by atoms with E-state index in [1.54, 1.807) is 38.1 Å². The second-order valence-electron chi connectivity index (χ2n) is 6.24. The van der Waals surface area contributed by atoms with Gasteiger partial charge in [0.1, 0.15) is 22.8 Å². The minimum absolute atomic E-state index is 0.0843. The summed E-state index contributed by atoms with van der Waals surface area (Å²) in [4.78, 5) is 29.2. The Kier molecular flexibility index (Phi) is 5.49. The fraction of sp³-hybridized carbons (Fsp3) is 0.150. The highest BCUT2D eigenvalue weighted by atomic mass is 19.1. The molecule has 1 heterocycles. The third kappa shape index (κ3) is 4.22. The molecule has 0 spiro atoms. The molecule has 3 rings (SSSR count). The highest BCUT2D eigenvalue weighted by molar-refractivity contribution is 6.05. The number of nitrogens with one attached hydrogen (secondary N) is 1. The Morgan fingerprint density at radius 3 is 2.57 bits per heavy atom. The predicted molar refractivity (Wildman–Crippen MR) is 97.0 cm³/mol. The molecule has 0 fully saturated rings. The van der Waals surface area contributed by atoms with Crippen molar-refractivity contribution in [2.45, 2.75) is 13.8 Å². The molecule has 0 aliphatic rings. The maximum Gasteiger partial charge on any atom is 0.337 e.